The average Bonchev–Trinajstić information content (AvgIpc) is 2.55. The van der Waals surface area contributed by atoms with Crippen LogP contribution in [0.3, 0.4) is 0 Å². The van der Waals surface area contributed by atoms with E-state index in [0.29, 0.717) is 13.2 Å². The van der Waals surface area contributed by atoms with E-state index in [1.165, 1.54) is 0 Å². The van der Waals surface area contributed by atoms with E-state index in [4.69, 9.17) is 4.74 Å². The maximum atomic E-state index is 11.9. The maximum Gasteiger partial charge on any atom is 0.223 e. The van der Waals surface area contributed by atoms with Gasteiger partial charge < -0.3 is 15.4 Å². The molecule has 1 unspecified atom stereocenters. The van der Waals surface area contributed by atoms with E-state index in [9.17, 15) is 13.2 Å². The van der Waals surface area contributed by atoms with Gasteiger partial charge in [-0.1, -0.05) is 0 Å². The van der Waals surface area contributed by atoms with Crippen LogP contribution < -0.4 is 15.4 Å². The van der Waals surface area contributed by atoms with E-state index >= 15 is 0 Å². The molecule has 0 radical (unpaired) electrons. The Balaban J connectivity index is 0.00000264. The van der Waals surface area contributed by atoms with Crippen LogP contribution in [0.4, 0.5) is 0 Å². The Morgan fingerprint density at radius 1 is 1.17 bits per heavy atom. The molecule has 2 saturated heterocycles. The molecule has 7 nitrogen and oxygen atoms in total. The van der Waals surface area contributed by atoms with Gasteiger partial charge in [0.1, 0.15) is 0 Å². The van der Waals surface area contributed by atoms with E-state index in [1.807, 2.05) is 0 Å². The number of sulfonamides is 1. The molecule has 2 fully saturated rings. The Labute approximate surface area is 144 Å². The van der Waals surface area contributed by atoms with Crippen molar-refractivity contribution in [1.29, 1.82) is 0 Å². The summed E-state index contributed by atoms with van der Waals surface area (Å²) in [5, 5.41) is 5.93. The largest absolute Gasteiger partial charge is 0.377 e. The number of halogens is 1. The zero-order valence-electron chi connectivity index (χ0n) is 13.4. The average molecular weight is 370 g/mol. The number of piperidine rings is 1. The monoisotopic (exact) mass is 369 g/mol. The van der Waals surface area contributed by atoms with Gasteiger partial charge in [0.25, 0.3) is 0 Å². The van der Waals surface area contributed by atoms with Crippen molar-refractivity contribution in [1.82, 2.24) is 15.4 Å². The lowest BCUT2D eigenvalue weighted by atomic mass is 9.97. The maximum absolute atomic E-state index is 11.9. The lowest BCUT2D eigenvalue weighted by Crippen LogP contribution is -2.42. The summed E-state index contributed by atoms with van der Waals surface area (Å²) < 4.78 is 31.9. The molecule has 9 heteroatoms. The molecule has 0 aromatic rings. The molecule has 0 aromatic heterocycles. The van der Waals surface area contributed by atoms with E-state index in [1.54, 1.807) is 0 Å². The van der Waals surface area contributed by atoms with E-state index < -0.39 is 10.0 Å². The van der Waals surface area contributed by atoms with Gasteiger partial charge in [-0.05, 0) is 45.2 Å². The fourth-order valence-corrected chi connectivity index (χ4v) is 3.75. The summed E-state index contributed by atoms with van der Waals surface area (Å²) in [6, 6.07) is 0. The Morgan fingerprint density at radius 2 is 1.91 bits per heavy atom. The molecule has 0 spiro atoms. The molecule has 2 rings (SSSR count). The van der Waals surface area contributed by atoms with Crippen molar-refractivity contribution < 1.29 is 17.9 Å². The van der Waals surface area contributed by atoms with E-state index in [2.05, 4.69) is 15.4 Å². The van der Waals surface area contributed by atoms with Gasteiger partial charge in [-0.3, -0.25) is 4.79 Å². The quantitative estimate of drug-likeness (QED) is 0.587. The minimum atomic E-state index is -3.36. The molecule has 2 heterocycles. The van der Waals surface area contributed by atoms with Gasteiger partial charge in [0, 0.05) is 25.6 Å². The molecule has 3 N–H and O–H groups in total. The van der Waals surface area contributed by atoms with Crippen molar-refractivity contribution in [2.75, 3.05) is 38.5 Å². The number of carbonyl (C=O) groups is 1. The molecule has 1 atom stereocenters. The highest BCUT2D eigenvalue weighted by atomic mass is 35.5. The first-order chi connectivity index (χ1) is 10.6. The van der Waals surface area contributed by atoms with Gasteiger partial charge in [-0.2, -0.15) is 0 Å². The van der Waals surface area contributed by atoms with Crippen LogP contribution in [0.1, 0.15) is 32.1 Å². The smallest absolute Gasteiger partial charge is 0.223 e. The number of hydrogen-bond donors (Lipinski definition) is 3. The van der Waals surface area contributed by atoms with Crippen molar-refractivity contribution in [2.24, 2.45) is 5.92 Å². The van der Waals surface area contributed by atoms with Gasteiger partial charge in [-0.25, -0.2) is 13.1 Å². The Bertz CT molecular complexity index is 449. The van der Waals surface area contributed by atoms with Gasteiger partial charge >= 0.3 is 0 Å². The SMILES string of the molecule is Cl.O=C(NCCS(=O)(=O)NCC1CCCCO1)C1CCNCC1. The normalized spacial score (nSPS) is 23.0. The molecule has 0 bridgehead atoms. The molecule has 0 aliphatic carbocycles. The number of hydrogen-bond acceptors (Lipinski definition) is 5. The number of rotatable bonds is 7. The summed E-state index contributed by atoms with van der Waals surface area (Å²) in [7, 11) is -3.36. The highest BCUT2D eigenvalue weighted by Crippen LogP contribution is 2.12. The van der Waals surface area contributed by atoms with Crippen molar-refractivity contribution in [3.8, 4) is 0 Å². The summed E-state index contributed by atoms with van der Waals surface area (Å²) in [5.41, 5.74) is 0. The first-order valence-corrected chi connectivity index (χ1v) is 9.79. The van der Waals surface area contributed by atoms with E-state index in [0.717, 1.165) is 45.2 Å². The van der Waals surface area contributed by atoms with Crippen LogP contribution in [-0.2, 0) is 19.6 Å². The Kier molecular flexibility index (Phi) is 9.38. The van der Waals surface area contributed by atoms with Crippen molar-refractivity contribution >= 4 is 28.3 Å². The van der Waals surface area contributed by atoms with Gasteiger partial charge in [0.05, 0.1) is 11.9 Å². The second kappa shape index (κ2) is 10.5. The molecular weight excluding hydrogens is 342 g/mol. The Hall–Kier alpha value is -0.410. The fourth-order valence-electron chi connectivity index (χ4n) is 2.80. The third kappa shape index (κ3) is 7.80. The number of ether oxygens (including phenoxy) is 1. The van der Waals surface area contributed by atoms with Gasteiger partial charge in [0.15, 0.2) is 0 Å². The van der Waals surface area contributed by atoms with Gasteiger partial charge in [-0.15, -0.1) is 12.4 Å². The Morgan fingerprint density at radius 3 is 2.57 bits per heavy atom. The molecule has 2 aliphatic rings. The molecule has 2 aliphatic heterocycles. The van der Waals surface area contributed by atoms with Gasteiger partial charge in [0.2, 0.25) is 15.9 Å². The third-order valence-corrected chi connectivity index (χ3v) is 5.53. The predicted molar refractivity (Wildman–Crippen MR) is 91.2 cm³/mol. The second-order valence-corrected chi connectivity index (χ2v) is 7.90. The van der Waals surface area contributed by atoms with Crippen molar-refractivity contribution in [2.45, 2.75) is 38.2 Å². The summed E-state index contributed by atoms with van der Waals surface area (Å²) in [6.45, 7) is 2.88. The standard InChI is InChI=1S/C14H27N3O4S.ClH/c18-14(12-4-6-15-7-5-12)16-8-10-22(19,20)17-11-13-3-1-2-9-21-13;/h12-13,15,17H,1-11H2,(H,16,18);1H. The summed E-state index contributed by atoms with van der Waals surface area (Å²) >= 11 is 0. The lowest BCUT2D eigenvalue weighted by Gasteiger charge is -2.23. The van der Waals surface area contributed by atoms with Crippen LogP contribution in [-0.4, -0.2) is 59.0 Å². The minimum Gasteiger partial charge on any atom is -0.377 e. The van der Waals surface area contributed by atoms with E-state index in [-0.39, 0.29) is 42.6 Å². The van der Waals surface area contributed by atoms with Crippen LogP contribution in [0.5, 0.6) is 0 Å². The second-order valence-electron chi connectivity index (χ2n) is 5.97. The number of nitrogens with one attached hydrogen (secondary N) is 3. The molecule has 0 saturated carbocycles. The zero-order valence-corrected chi connectivity index (χ0v) is 15.0. The van der Waals surface area contributed by atoms with Crippen molar-refractivity contribution in [3.63, 3.8) is 0 Å². The topological polar surface area (TPSA) is 96.5 Å². The molecule has 1 amide bonds. The molecule has 136 valence electrons. The first kappa shape index (κ1) is 20.6. The van der Waals surface area contributed by atoms with Crippen LogP contribution in [0.25, 0.3) is 0 Å². The first-order valence-electron chi connectivity index (χ1n) is 8.14. The van der Waals surface area contributed by atoms with Crippen molar-refractivity contribution in [3.05, 3.63) is 0 Å². The molecular formula is C14H28ClN3O4S. The summed E-state index contributed by atoms with van der Waals surface area (Å²) in [6.07, 6.45) is 4.64. The van der Waals surface area contributed by atoms with Crippen LogP contribution in [0, 0.1) is 5.92 Å². The highest BCUT2D eigenvalue weighted by molar-refractivity contribution is 7.89. The third-order valence-electron chi connectivity index (χ3n) is 4.18. The predicted octanol–water partition coefficient (Wildman–Crippen LogP) is 0.0125. The number of carbonyl (C=O) groups excluding carboxylic acids is 1. The van der Waals surface area contributed by atoms with Crippen LogP contribution >= 0.6 is 12.4 Å². The van der Waals surface area contributed by atoms with Crippen LogP contribution in [0.2, 0.25) is 0 Å². The molecule has 0 aromatic carbocycles. The minimum absolute atomic E-state index is 0. The fraction of sp³-hybridized carbons (Fsp3) is 0.929. The number of amides is 1. The molecule has 23 heavy (non-hydrogen) atoms. The summed E-state index contributed by atoms with van der Waals surface area (Å²) in [5.74, 6) is -0.115. The summed E-state index contributed by atoms with van der Waals surface area (Å²) in [4.78, 5) is 11.9. The lowest BCUT2D eigenvalue weighted by molar-refractivity contribution is -0.125. The highest BCUT2D eigenvalue weighted by Gasteiger charge is 2.21. The van der Waals surface area contributed by atoms with Crippen LogP contribution in [0.15, 0.2) is 0 Å². The zero-order chi connectivity index (χ0) is 15.8.